The minimum atomic E-state index is -0.359. The van der Waals surface area contributed by atoms with Crippen LogP contribution in [0.1, 0.15) is 39.0 Å². The number of carbonyl (C=O) groups excluding carboxylic acids is 1. The summed E-state index contributed by atoms with van der Waals surface area (Å²) >= 11 is 0. The van der Waals surface area contributed by atoms with Gasteiger partial charge in [0.2, 0.25) is 0 Å². The Morgan fingerprint density at radius 1 is 1.43 bits per heavy atom. The number of ether oxygens (including phenoxy) is 1. The largest absolute Gasteiger partial charge is 0.515 e. The highest BCUT2D eigenvalue weighted by Gasteiger charge is 2.24. The molecule has 0 bridgehead atoms. The van der Waals surface area contributed by atoms with E-state index in [1.165, 1.54) is 6.42 Å². The van der Waals surface area contributed by atoms with Crippen LogP contribution in [0.25, 0.3) is 0 Å². The number of hydrogen-bond donors (Lipinski definition) is 1. The molecular weight excluding hydrogens is 180 g/mol. The van der Waals surface area contributed by atoms with Gasteiger partial charge in [0.05, 0.1) is 18.4 Å². The minimum absolute atomic E-state index is 0.202. The first-order valence-corrected chi connectivity index (χ1v) is 5.31. The average molecular weight is 198 g/mol. The Labute approximate surface area is 84.8 Å². The normalized spacial score (nSPS) is 19.4. The fourth-order valence-electron chi connectivity index (χ4n) is 1.95. The maximum atomic E-state index is 11.4. The Kier molecular flexibility index (Phi) is 4.50. The van der Waals surface area contributed by atoms with Crippen molar-refractivity contribution < 1.29 is 14.6 Å². The van der Waals surface area contributed by atoms with E-state index in [9.17, 15) is 4.79 Å². The van der Waals surface area contributed by atoms with Crippen LogP contribution in [0.2, 0.25) is 0 Å². The van der Waals surface area contributed by atoms with Crippen molar-refractivity contribution in [2.75, 3.05) is 6.61 Å². The van der Waals surface area contributed by atoms with Crippen molar-refractivity contribution in [3.8, 4) is 0 Å². The molecule has 0 atom stereocenters. The van der Waals surface area contributed by atoms with E-state index in [2.05, 4.69) is 0 Å². The predicted molar refractivity (Wildman–Crippen MR) is 53.9 cm³/mol. The van der Waals surface area contributed by atoms with E-state index in [1.807, 2.05) is 0 Å². The van der Waals surface area contributed by atoms with Crippen molar-refractivity contribution in [1.82, 2.24) is 0 Å². The molecule has 1 fully saturated rings. The summed E-state index contributed by atoms with van der Waals surface area (Å²) in [6.45, 7) is 2.14. The Hall–Kier alpha value is -0.990. The van der Waals surface area contributed by atoms with E-state index in [-0.39, 0.29) is 11.9 Å². The molecule has 1 rings (SSSR count). The van der Waals surface area contributed by atoms with Crippen LogP contribution in [0.5, 0.6) is 0 Å². The summed E-state index contributed by atoms with van der Waals surface area (Å²) in [6, 6.07) is 0. The standard InChI is InChI=1S/C11H18O3/c1-2-14-11(13)10(8-12)9-6-4-3-5-7-9/h8-9,12H,2-7H2,1H3. The molecule has 0 aliphatic heterocycles. The van der Waals surface area contributed by atoms with Crippen molar-refractivity contribution in [3.05, 3.63) is 11.8 Å². The highest BCUT2D eigenvalue weighted by atomic mass is 16.5. The number of rotatable bonds is 3. The number of esters is 1. The lowest BCUT2D eigenvalue weighted by molar-refractivity contribution is -0.139. The number of carbonyl (C=O) groups is 1. The first-order valence-electron chi connectivity index (χ1n) is 5.31. The Balaban J connectivity index is 2.56. The van der Waals surface area contributed by atoms with E-state index in [4.69, 9.17) is 9.84 Å². The van der Waals surface area contributed by atoms with Gasteiger partial charge in [-0.3, -0.25) is 0 Å². The average Bonchev–Trinajstić information content (AvgIpc) is 2.21. The molecular formula is C11H18O3. The third-order valence-electron chi connectivity index (χ3n) is 2.70. The SMILES string of the molecule is CCOC(=O)C(=CO)C1CCCCC1. The van der Waals surface area contributed by atoms with Gasteiger partial charge in [-0.1, -0.05) is 19.3 Å². The number of aliphatic hydroxyl groups excluding tert-OH is 1. The van der Waals surface area contributed by atoms with E-state index in [0.29, 0.717) is 12.2 Å². The fourth-order valence-corrected chi connectivity index (χ4v) is 1.95. The monoisotopic (exact) mass is 198 g/mol. The molecule has 3 heteroatoms. The molecule has 1 N–H and O–H groups in total. The lowest BCUT2D eigenvalue weighted by Gasteiger charge is -2.22. The molecule has 0 unspecified atom stereocenters. The molecule has 0 amide bonds. The minimum Gasteiger partial charge on any atom is -0.515 e. The van der Waals surface area contributed by atoms with Crippen LogP contribution in [0.15, 0.2) is 11.8 Å². The van der Waals surface area contributed by atoms with E-state index >= 15 is 0 Å². The molecule has 0 spiro atoms. The van der Waals surface area contributed by atoms with Gasteiger partial charge in [-0.15, -0.1) is 0 Å². The van der Waals surface area contributed by atoms with Gasteiger partial charge in [0, 0.05) is 0 Å². The highest BCUT2D eigenvalue weighted by Crippen LogP contribution is 2.29. The Morgan fingerprint density at radius 2 is 2.07 bits per heavy atom. The van der Waals surface area contributed by atoms with Gasteiger partial charge in [0.25, 0.3) is 0 Å². The van der Waals surface area contributed by atoms with Crippen LogP contribution in [0, 0.1) is 5.92 Å². The van der Waals surface area contributed by atoms with Crippen LogP contribution in [-0.2, 0) is 9.53 Å². The quantitative estimate of drug-likeness (QED) is 0.430. The first kappa shape index (κ1) is 11.1. The third kappa shape index (κ3) is 2.76. The molecule has 0 aromatic rings. The van der Waals surface area contributed by atoms with Crippen molar-refractivity contribution in [1.29, 1.82) is 0 Å². The molecule has 1 aliphatic carbocycles. The summed E-state index contributed by atoms with van der Waals surface area (Å²) < 4.78 is 4.88. The van der Waals surface area contributed by atoms with E-state index in [0.717, 1.165) is 31.9 Å². The first-order chi connectivity index (χ1) is 6.79. The van der Waals surface area contributed by atoms with Crippen LogP contribution in [0.3, 0.4) is 0 Å². The summed E-state index contributed by atoms with van der Waals surface area (Å²) in [5.41, 5.74) is 0.451. The Morgan fingerprint density at radius 3 is 2.57 bits per heavy atom. The summed E-state index contributed by atoms with van der Waals surface area (Å²) in [4.78, 5) is 11.4. The van der Waals surface area contributed by atoms with Gasteiger partial charge >= 0.3 is 5.97 Å². The van der Waals surface area contributed by atoms with Crippen molar-refractivity contribution in [3.63, 3.8) is 0 Å². The zero-order valence-electron chi connectivity index (χ0n) is 8.66. The smallest absolute Gasteiger partial charge is 0.337 e. The third-order valence-corrected chi connectivity index (χ3v) is 2.70. The second kappa shape index (κ2) is 5.68. The second-order valence-electron chi connectivity index (χ2n) is 3.64. The highest BCUT2D eigenvalue weighted by molar-refractivity contribution is 5.88. The molecule has 1 saturated carbocycles. The molecule has 0 aromatic heterocycles. The summed E-state index contributed by atoms with van der Waals surface area (Å²) in [6.07, 6.45) is 6.42. The molecule has 80 valence electrons. The maximum Gasteiger partial charge on any atom is 0.337 e. The maximum absolute atomic E-state index is 11.4. The molecule has 0 radical (unpaired) electrons. The topological polar surface area (TPSA) is 46.5 Å². The Bertz CT molecular complexity index is 215. The van der Waals surface area contributed by atoms with Gasteiger partial charge in [-0.05, 0) is 25.7 Å². The van der Waals surface area contributed by atoms with Gasteiger partial charge < -0.3 is 9.84 Å². The molecule has 3 nitrogen and oxygen atoms in total. The predicted octanol–water partition coefficient (Wildman–Crippen LogP) is 2.57. The van der Waals surface area contributed by atoms with Crippen molar-refractivity contribution >= 4 is 5.97 Å². The lowest BCUT2D eigenvalue weighted by atomic mass is 9.84. The van der Waals surface area contributed by atoms with Crippen LogP contribution >= 0.6 is 0 Å². The number of aliphatic hydroxyl groups is 1. The molecule has 0 saturated heterocycles. The van der Waals surface area contributed by atoms with E-state index in [1.54, 1.807) is 6.92 Å². The molecule has 0 aromatic carbocycles. The lowest BCUT2D eigenvalue weighted by Crippen LogP contribution is -2.18. The zero-order chi connectivity index (χ0) is 10.4. The van der Waals surface area contributed by atoms with Gasteiger partial charge in [-0.25, -0.2) is 4.79 Å². The van der Waals surface area contributed by atoms with Crippen LogP contribution < -0.4 is 0 Å². The van der Waals surface area contributed by atoms with Gasteiger partial charge in [0.15, 0.2) is 0 Å². The number of hydrogen-bond acceptors (Lipinski definition) is 3. The molecule has 1 aliphatic rings. The summed E-state index contributed by atoms with van der Waals surface area (Å²) in [5, 5.41) is 9.01. The fraction of sp³-hybridized carbons (Fsp3) is 0.727. The summed E-state index contributed by atoms with van der Waals surface area (Å²) in [5.74, 6) is -0.158. The van der Waals surface area contributed by atoms with Crippen molar-refractivity contribution in [2.45, 2.75) is 39.0 Å². The zero-order valence-corrected chi connectivity index (χ0v) is 8.66. The summed E-state index contributed by atoms with van der Waals surface area (Å²) in [7, 11) is 0. The van der Waals surface area contributed by atoms with Gasteiger partial charge in [0.1, 0.15) is 0 Å². The molecule has 14 heavy (non-hydrogen) atoms. The second-order valence-corrected chi connectivity index (χ2v) is 3.64. The van der Waals surface area contributed by atoms with Crippen LogP contribution in [0.4, 0.5) is 0 Å². The van der Waals surface area contributed by atoms with Crippen LogP contribution in [-0.4, -0.2) is 17.7 Å². The molecule has 0 heterocycles. The van der Waals surface area contributed by atoms with Crippen molar-refractivity contribution in [2.24, 2.45) is 5.92 Å². The van der Waals surface area contributed by atoms with E-state index < -0.39 is 0 Å². The van der Waals surface area contributed by atoms with Gasteiger partial charge in [-0.2, -0.15) is 0 Å².